The first-order chi connectivity index (χ1) is 17.0. The smallest absolute Gasteiger partial charge is 0.338 e. The third-order valence-corrected chi connectivity index (χ3v) is 6.46. The number of carbonyl (C=O) groups is 2. The molecule has 1 atom stereocenters. The van der Waals surface area contributed by atoms with Crippen molar-refractivity contribution in [2.45, 2.75) is 25.9 Å². The number of ether oxygens (including phenoxy) is 2. The Bertz CT molecular complexity index is 1220. The number of hydrogen-bond donors (Lipinski definition) is 1. The fourth-order valence-corrected chi connectivity index (χ4v) is 4.92. The number of carbonyl (C=O) groups excluding carboxylic acids is 2. The molecule has 1 aromatic heterocycles. The van der Waals surface area contributed by atoms with Gasteiger partial charge in [0.05, 0.1) is 30.8 Å². The van der Waals surface area contributed by atoms with E-state index in [1.165, 1.54) is 17.8 Å². The van der Waals surface area contributed by atoms with E-state index in [4.69, 9.17) is 9.47 Å². The van der Waals surface area contributed by atoms with Crippen molar-refractivity contribution in [1.29, 1.82) is 0 Å². The lowest BCUT2D eigenvalue weighted by molar-refractivity contribution is -0.138. The highest BCUT2D eigenvalue weighted by Gasteiger charge is 2.42. The van der Waals surface area contributed by atoms with Crippen LogP contribution < -0.4 is 10.1 Å². The summed E-state index contributed by atoms with van der Waals surface area (Å²) in [6.07, 6.45) is 5.02. The van der Waals surface area contributed by atoms with Gasteiger partial charge in [0.25, 0.3) is 0 Å². The summed E-state index contributed by atoms with van der Waals surface area (Å²) in [5.41, 5.74) is 3.42. The summed E-state index contributed by atoms with van der Waals surface area (Å²) in [4.78, 5) is 36.6. The molecule has 9 heteroatoms. The number of rotatable bonds is 9. The molecule has 0 bridgehead atoms. The second-order valence-electron chi connectivity index (χ2n) is 7.83. The van der Waals surface area contributed by atoms with Crippen LogP contribution in [-0.2, 0) is 20.9 Å². The van der Waals surface area contributed by atoms with Gasteiger partial charge in [0.2, 0.25) is 5.91 Å². The molecule has 0 saturated heterocycles. The Balaban J connectivity index is 1.64. The number of allylic oxidation sites excluding steroid dienone is 1. The van der Waals surface area contributed by atoms with E-state index >= 15 is 0 Å². The zero-order valence-corrected chi connectivity index (χ0v) is 20.4. The molecule has 0 fully saturated rings. The average Bonchev–Trinajstić information content (AvgIpc) is 3.27. The van der Waals surface area contributed by atoms with E-state index < -0.39 is 12.0 Å². The minimum Gasteiger partial charge on any atom is -0.496 e. The number of para-hydroxylation sites is 1. The van der Waals surface area contributed by atoms with Crippen molar-refractivity contribution < 1.29 is 19.1 Å². The number of amides is 1. The minimum absolute atomic E-state index is 0.0830. The Labute approximate surface area is 208 Å². The van der Waals surface area contributed by atoms with Crippen LogP contribution in [0, 0.1) is 0 Å². The van der Waals surface area contributed by atoms with E-state index in [0.717, 1.165) is 16.8 Å². The molecular weight excluding hydrogens is 464 g/mol. The van der Waals surface area contributed by atoms with Gasteiger partial charge in [-0.15, -0.1) is 0 Å². The van der Waals surface area contributed by atoms with Gasteiger partial charge in [-0.05, 0) is 36.1 Å². The first-order valence-corrected chi connectivity index (χ1v) is 11.9. The van der Waals surface area contributed by atoms with Crippen molar-refractivity contribution in [2.24, 2.45) is 4.99 Å². The standard InChI is InChI=1S/C26H26N4O4S/c1-4-13-34-25(32)23-17(2)29-26-30(24(23)20-7-5-6-8-21(20)33-3)19(16-35-26)14-22(31)28-15-18-9-11-27-12-10-18/h4-12,16,24H,1,13-15H2,2-3H3,(H,28,31)/t24-/m0/s1. The molecule has 0 unspecified atom stereocenters. The molecule has 8 nitrogen and oxygen atoms in total. The topological polar surface area (TPSA) is 93.1 Å². The molecule has 180 valence electrons. The molecule has 0 aliphatic carbocycles. The number of esters is 1. The highest BCUT2D eigenvalue weighted by molar-refractivity contribution is 8.16. The molecule has 2 aliphatic heterocycles. The molecule has 1 amide bonds. The van der Waals surface area contributed by atoms with Gasteiger partial charge in [-0.25, -0.2) is 9.79 Å². The van der Waals surface area contributed by atoms with Crippen LogP contribution in [0.3, 0.4) is 0 Å². The highest BCUT2D eigenvalue weighted by atomic mass is 32.2. The van der Waals surface area contributed by atoms with Gasteiger partial charge >= 0.3 is 5.97 Å². The Hall–Kier alpha value is -3.85. The van der Waals surface area contributed by atoms with E-state index in [2.05, 4.69) is 21.9 Å². The molecule has 0 spiro atoms. The Morgan fingerprint density at radius 2 is 2.00 bits per heavy atom. The van der Waals surface area contributed by atoms with Crippen molar-refractivity contribution in [3.05, 3.63) is 94.9 Å². The van der Waals surface area contributed by atoms with Gasteiger partial charge in [0.1, 0.15) is 12.4 Å². The van der Waals surface area contributed by atoms with Crippen molar-refractivity contribution in [2.75, 3.05) is 13.7 Å². The maximum Gasteiger partial charge on any atom is 0.338 e. The van der Waals surface area contributed by atoms with Gasteiger partial charge in [-0.2, -0.15) is 0 Å². The van der Waals surface area contributed by atoms with Crippen molar-refractivity contribution in [3.8, 4) is 5.75 Å². The summed E-state index contributed by atoms with van der Waals surface area (Å²) in [6.45, 7) is 5.90. The first-order valence-electron chi connectivity index (χ1n) is 11.0. The van der Waals surface area contributed by atoms with Gasteiger partial charge in [-0.3, -0.25) is 9.78 Å². The summed E-state index contributed by atoms with van der Waals surface area (Å²) >= 11 is 1.42. The second-order valence-corrected chi connectivity index (χ2v) is 8.67. The van der Waals surface area contributed by atoms with Gasteiger partial charge < -0.3 is 19.7 Å². The summed E-state index contributed by atoms with van der Waals surface area (Å²) in [5.74, 6) is -0.00537. The number of aromatic nitrogens is 1. The number of thioether (sulfide) groups is 1. The van der Waals surface area contributed by atoms with E-state index in [1.54, 1.807) is 26.4 Å². The van der Waals surface area contributed by atoms with Crippen LogP contribution in [0.15, 0.2) is 88.8 Å². The SMILES string of the molecule is C=CCOC(=O)C1=C(C)N=C2SC=C(CC(=O)NCc3ccncc3)N2[C@H]1c1ccccc1OC. The number of benzene rings is 1. The van der Waals surface area contributed by atoms with Crippen LogP contribution in [0.2, 0.25) is 0 Å². The quantitative estimate of drug-likeness (QED) is 0.418. The van der Waals surface area contributed by atoms with E-state index in [0.29, 0.717) is 28.7 Å². The lowest BCUT2D eigenvalue weighted by atomic mass is 9.93. The Morgan fingerprint density at radius 3 is 2.74 bits per heavy atom. The van der Waals surface area contributed by atoms with E-state index in [1.807, 2.05) is 46.7 Å². The number of amidine groups is 1. The maximum absolute atomic E-state index is 13.2. The third-order valence-electron chi connectivity index (χ3n) is 5.57. The summed E-state index contributed by atoms with van der Waals surface area (Å²) in [7, 11) is 1.59. The second kappa shape index (κ2) is 11.1. The van der Waals surface area contributed by atoms with Gasteiger partial charge in [0, 0.05) is 30.2 Å². The number of aliphatic imine (C=N–C) groups is 1. The van der Waals surface area contributed by atoms with E-state index in [-0.39, 0.29) is 18.9 Å². The fourth-order valence-electron chi connectivity index (χ4n) is 3.96. The Kier molecular flexibility index (Phi) is 7.67. The van der Waals surface area contributed by atoms with Crippen LogP contribution in [0.25, 0.3) is 0 Å². The molecule has 3 heterocycles. The fraction of sp³-hybridized carbons (Fsp3) is 0.231. The first kappa shape index (κ1) is 24.3. The number of methoxy groups -OCH3 is 1. The summed E-state index contributed by atoms with van der Waals surface area (Å²) in [6, 6.07) is 10.7. The van der Waals surface area contributed by atoms with Gasteiger partial charge in [0.15, 0.2) is 5.17 Å². The monoisotopic (exact) mass is 490 g/mol. The van der Waals surface area contributed by atoms with Crippen molar-refractivity contribution in [3.63, 3.8) is 0 Å². The predicted octanol–water partition coefficient (Wildman–Crippen LogP) is 4.10. The average molecular weight is 491 g/mol. The third kappa shape index (κ3) is 5.30. The number of nitrogens with zero attached hydrogens (tertiary/aromatic N) is 3. The van der Waals surface area contributed by atoms with E-state index in [9.17, 15) is 9.59 Å². The normalized spacial score (nSPS) is 16.7. The lowest BCUT2D eigenvalue weighted by Crippen LogP contribution is -2.38. The molecule has 0 saturated carbocycles. The molecule has 0 radical (unpaired) electrons. The van der Waals surface area contributed by atoms with Crippen molar-refractivity contribution in [1.82, 2.24) is 15.2 Å². The summed E-state index contributed by atoms with van der Waals surface area (Å²) in [5, 5.41) is 5.54. The van der Waals surface area contributed by atoms with Crippen LogP contribution >= 0.6 is 11.8 Å². The molecular formula is C26H26N4O4S. The zero-order valence-electron chi connectivity index (χ0n) is 19.6. The molecule has 35 heavy (non-hydrogen) atoms. The Morgan fingerprint density at radius 1 is 1.23 bits per heavy atom. The predicted molar refractivity (Wildman–Crippen MR) is 135 cm³/mol. The zero-order chi connectivity index (χ0) is 24.8. The molecule has 2 aliphatic rings. The van der Waals surface area contributed by atoms with Crippen LogP contribution in [-0.4, -0.2) is 40.6 Å². The van der Waals surface area contributed by atoms with Crippen LogP contribution in [0.1, 0.15) is 30.5 Å². The highest BCUT2D eigenvalue weighted by Crippen LogP contribution is 2.46. The van der Waals surface area contributed by atoms with Crippen LogP contribution in [0.4, 0.5) is 0 Å². The number of nitrogens with one attached hydrogen (secondary N) is 1. The van der Waals surface area contributed by atoms with Gasteiger partial charge in [-0.1, -0.05) is 42.6 Å². The number of hydrogen-bond acceptors (Lipinski definition) is 8. The molecule has 1 aromatic carbocycles. The molecule has 4 rings (SSSR count). The molecule has 1 N–H and O–H groups in total. The summed E-state index contributed by atoms with van der Waals surface area (Å²) < 4.78 is 11.0. The number of pyridine rings is 1. The maximum atomic E-state index is 13.2. The largest absolute Gasteiger partial charge is 0.496 e. The minimum atomic E-state index is -0.565. The number of fused-ring (bicyclic) bond motifs is 1. The molecule has 2 aromatic rings. The lowest BCUT2D eigenvalue weighted by Gasteiger charge is -2.36. The van der Waals surface area contributed by atoms with Crippen LogP contribution in [0.5, 0.6) is 5.75 Å². The van der Waals surface area contributed by atoms with Crippen molar-refractivity contribution >= 4 is 28.8 Å².